The van der Waals surface area contributed by atoms with Crippen LogP contribution in [0.5, 0.6) is 0 Å². The number of aliphatic hydroxyl groups is 1. The molecule has 0 amide bonds. The van der Waals surface area contributed by atoms with Gasteiger partial charge in [-0.25, -0.2) is 0 Å². The summed E-state index contributed by atoms with van der Waals surface area (Å²) < 4.78 is 13.5. The second kappa shape index (κ2) is 11.0. The van der Waals surface area contributed by atoms with E-state index in [4.69, 9.17) is 9.16 Å². The van der Waals surface area contributed by atoms with Crippen molar-refractivity contribution in [2.24, 2.45) is 16.7 Å². The summed E-state index contributed by atoms with van der Waals surface area (Å²) in [5.74, 6) is 0.540. The Labute approximate surface area is 243 Å². The van der Waals surface area contributed by atoms with Gasteiger partial charge >= 0.3 is 0 Å². The molecule has 0 saturated heterocycles. The van der Waals surface area contributed by atoms with Crippen LogP contribution in [0, 0.1) is 16.7 Å². The highest BCUT2D eigenvalue weighted by atomic mass is 28.4. The van der Waals surface area contributed by atoms with Gasteiger partial charge in [-0.05, 0) is 82.5 Å². The number of rotatable bonds is 8. The normalized spacial score (nSPS) is 28.9. The van der Waals surface area contributed by atoms with Crippen LogP contribution in [-0.2, 0) is 9.16 Å². The molecule has 1 unspecified atom stereocenters. The summed E-state index contributed by atoms with van der Waals surface area (Å²) in [5.41, 5.74) is 4.68. The van der Waals surface area contributed by atoms with Crippen LogP contribution in [0.2, 0.25) is 5.04 Å². The first kappa shape index (κ1) is 29.5. The van der Waals surface area contributed by atoms with Crippen molar-refractivity contribution in [1.82, 2.24) is 0 Å². The third-order valence-corrected chi connectivity index (χ3v) is 15.4. The monoisotopic (exact) mass is 558 g/mol. The lowest BCUT2D eigenvalue weighted by molar-refractivity contribution is -0.158. The zero-order valence-electron chi connectivity index (χ0n) is 25.8. The fourth-order valence-corrected chi connectivity index (χ4v) is 12.7. The van der Waals surface area contributed by atoms with E-state index in [0.717, 1.165) is 19.3 Å². The van der Waals surface area contributed by atoms with Crippen molar-refractivity contribution in [1.29, 1.82) is 0 Å². The van der Waals surface area contributed by atoms with Crippen LogP contribution in [0.1, 0.15) is 87.0 Å². The average Bonchev–Trinajstić information content (AvgIpc) is 3.28. The highest BCUT2D eigenvalue weighted by Gasteiger charge is 2.54. The predicted octanol–water partition coefficient (Wildman–Crippen LogP) is 7.54. The van der Waals surface area contributed by atoms with Gasteiger partial charge in [0.15, 0.2) is 6.29 Å². The van der Waals surface area contributed by atoms with E-state index >= 15 is 0 Å². The SMILES string of the molecule is CC(C)C1=C2C3=CC(O)O[C@@H](CCCO[Si](c4ccccc4)(c4ccccc4)C(C)(C)C)[C@]3(C)CC[C@@]2(C)CC1. The molecule has 1 N–H and O–H groups in total. The molecular formula is C36H50O3Si. The van der Waals surface area contributed by atoms with Gasteiger partial charge in [0.25, 0.3) is 8.32 Å². The highest BCUT2D eigenvalue weighted by molar-refractivity contribution is 6.99. The molecular weight excluding hydrogens is 508 g/mol. The topological polar surface area (TPSA) is 38.7 Å². The Balaban J connectivity index is 1.39. The molecule has 4 atom stereocenters. The van der Waals surface area contributed by atoms with Gasteiger partial charge in [-0.1, -0.05) is 115 Å². The van der Waals surface area contributed by atoms with Crippen molar-refractivity contribution in [2.75, 3.05) is 6.61 Å². The Bertz CT molecular complexity index is 1200. The first-order valence-electron chi connectivity index (χ1n) is 15.5. The number of aliphatic hydroxyl groups excluding tert-OH is 1. The quantitative estimate of drug-likeness (QED) is 0.269. The molecule has 216 valence electrons. The number of allylic oxidation sites excluding steroid dienone is 2. The van der Waals surface area contributed by atoms with Crippen LogP contribution in [0.25, 0.3) is 0 Å². The molecule has 3 aliphatic rings. The lowest BCUT2D eigenvalue weighted by atomic mass is 9.56. The van der Waals surface area contributed by atoms with Crippen molar-refractivity contribution >= 4 is 18.7 Å². The van der Waals surface area contributed by atoms with E-state index in [1.54, 1.807) is 11.1 Å². The van der Waals surface area contributed by atoms with E-state index in [9.17, 15) is 5.11 Å². The van der Waals surface area contributed by atoms with Crippen LogP contribution in [-0.4, -0.2) is 32.4 Å². The summed E-state index contributed by atoms with van der Waals surface area (Å²) in [7, 11) is -2.56. The lowest BCUT2D eigenvalue weighted by Gasteiger charge is -2.52. The van der Waals surface area contributed by atoms with Crippen LogP contribution in [0.3, 0.4) is 0 Å². The molecule has 3 nitrogen and oxygen atoms in total. The molecule has 0 spiro atoms. The summed E-state index contributed by atoms with van der Waals surface area (Å²) in [4.78, 5) is 0. The largest absolute Gasteiger partial charge is 0.407 e. The van der Waals surface area contributed by atoms with E-state index in [0.29, 0.717) is 12.5 Å². The van der Waals surface area contributed by atoms with Crippen LogP contribution >= 0.6 is 0 Å². The molecule has 2 aromatic carbocycles. The van der Waals surface area contributed by atoms with E-state index in [1.807, 2.05) is 6.08 Å². The number of benzene rings is 2. The van der Waals surface area contributed by atoms with Gasteiger partial charge in [-0.3, -0.25) is 0 Å². The second-order valence-corrected chi connectivity index (χ2v) is 18.6. The molecule has 0 bridgehead atoms. The summed E-state index contributed by atoms with van der Waals surface area (Å²) in [6.07, 6.45) is 7.68. The number of hydrogen-bond donors (Lipinski definition) is 1. The average molecular weight is 559 g/mol. The number of fused-ring (bicyclic) bond motifs is 3. The van der Waals surface area contributed by atoms with Crippen LogP contribution in [0.15, 0.2) is 83.5 Å². The first-order valence-corrected chi connectivity index (χ1v) is 17.4. The van der Waals surface area contributed by atoms with E-state index in [2.05, 4.69) is 109 Å². The minimum atomic E-state index is -2.56. The van der Waals surface area contributed by atoms with Crippen molar-refractivity contribution in [3.05, 3.63) is 83.5 Å². The Hall–Kier alpha value is -1.98. The fourth-order valence-electron chi connectivity index (χ4n) is 8.08. The second-order valence-electron chi connectivity index (χ2n) is 14.3. The molecule has 5 rings (SSSR count). The van der Waals surface area contributed by atoms with E-state index in [1.165, 1.54) is 35.2 Å². The van der Waals surface area contributed by atoms with Gasteiger partial charge < -0.3 is 14.3 Å². The summed E-state index contributed by atoms with van der Waals surface area (Å²) >= 11 is 0. The third kappa shape index (κ3) is 5.00. The van der Waals surface area contributed by atoms with Crippen molar-refractivity contribution in [3.63, 3.8) is 0 Å². The molecule has 4 heteroatoms. The van der Waals surface area contributed by atoms with Gasteiger partial charge in [0.2, 0.25) is 0 Å². The Morgan fingerprint density at radius 1 is 0.950 bits per heavy atom. The molecule has 0 aromatic heterocycles. The number of ether oxygens (including phenoxy) is 1. The minimum absolute atomic E-state index is 0.0173. The Morgan fingerprint density at radius 3 is 2.10 bits per heavy atom. The van der Waals surface area contributed by atoms with Gasteiger partial charge in [0, 0.05) is 12.0 Å². The zero-order chi connectivity index (χ0) is 28.8. The summed E-state index contributed by atoms with van der Waals surface area (Å²) in [6, 6.07) is 21.8. The Morgan fingerprint density at radius 2 is 1.55 bits per heavy atom. The molecule has 40 heavy (non-hydrogen) atoms. The fraction of sp³-hybridized carbons (Fsp3) is 0.556. The van der Waals surface area contributed by atoms with Crippen LogP contribution in [0.4, 0.5) is 0 Å². The summed E-state index contributed by atoms with van der Waals surface area (Å²) in [6.45, 7) is 17.2. The third-order valence-electron chi connectivity index (χ3n) is 10.3. The molecule has 1 saturated carbocycles. The zero-order valence-corrected chi connectivity index (χ0v) is 26.8. The van der Waals surface area contributed by atoms with Gasteiger partial charge in [-0.15, -0.1) is 0 Å². The molecule has 2 aliphatic carbocycles. The van der Waals surface area contributed by atoms with Crippen LogP contribution < -0.4 is 10.4 Å². The molecule has 1 aliphatic heterocycles. The summed E-state index contributed by atoms with van der Waals surface area (Å²) in [5, 5.41) is 13.5. The first-order chi connectivity index (χ1) is 18.9. The molecule has 1 fully saturated rings. The van der Waals surface area contributed by atoms with Gasteiger partial charge in [0.1, 0.15) is 0 Å². The lowest BCUT2D eigenvalue weighted by Crippen LogP contribution is -2.66. The van der Waals surface area contributed by atoms with E-state index < -0.39 is 14.6 Å². The predicted molar refractivity (Wildman–Crippen MR) is 168 cm³/mol. The van der Waals surface area contributed by atoms with Crippen molar-refractivity contribution in [3.8, 4) is 0 Å². The standard InChI is InChI=1S/C36H50O3Si/c1-26(2)29-20-21-35(6)22-23-36(7)30(33(29)35)25-32(37)39-31(36)19-14-24-38-40(34(3,4)5,27-15-10-8-11-16-27)28-17-12-9-13-18-28/h8-13,15-18,25-26,31-32,37H,14,19-24H2,1-7H3/t31-,32?,35+,36+/m0/s1. The molecule has 0 radical (unpaired) electrons. The van der Waals surface area contributed by atoms with E-state index in [-0.39, 0.29) is 22.0 Å². The van der Waals surface area contributed by atoms with Gasteiger partial charge in [-0.2, -0.15) is 0 Å². The Kier molecular flexibility index (Phi) is 8.13. The maximum absolute atomic E-state index is 10.9. The number of hydrogen-bond acceptors (Lipinski definition) is 3. The molecule has 1 heterocycles. The van der Waals surface area contributed by atoms with Crippen molar-refractivity contribution < 1.29 is 14.3 Å². The van der Waals surface area contributed by atoms with Crippen molar-refractivity contribution in [2.45, 2.75) is 104 Å². The maximum Gasteiger partial charge on any atom is 0.261 e. The smallest absolute Gasteiger partial charge is 0.261 e. The van der Waals surface area contributed by atoms with Gasteiger partial charge in [0.05, 0.1) is 6.10 Å². The minimum Gasteiger partial charge on any atom is -0.407 e. The molecule has 2 aromatic rings. The maximum atomic E-state index is 10.9. The highest BCUT2D eigenvalue weighted by Crippen LogP contribution is 2.62.